The number of fused-ring (bicyclic) bond motifs is 1. The van der Waals surface area contributed by atoms with Gasteiger partial charge in [0.2, 0.25) is 0 Å². The second kappa shape index (κ2) is 7.78. The van der Waals surface area contributed by atoms with Gasteiger partial charge in [-0.2, -0.15) is 0 Å². The van der Waals surface area contributed by atoms with Gasteiger partial charge in [-0.15, -0.1) is 0 Å². The maximum absolute atomic E-state index is 13.2. The highest BCUT2D eigenvalue weighted by Crippen LogP contribution is 2.33. The summed E-state index contributed by atoms with van der Waals surface area (Å²) in [5, 5.41) is 0. The maximum Gasteiger partial charge on any atom is 0.272 e. The van der Waals surface area contributed by atoms with Crippen molar-refractivity contribution in [2.24, 2.45) is 0 Å². The van der Waals surface area contributed by atoms with Gasteiger partial charge in [0, 0.05) is 50.2 Å². The molecule has 3 aromatic rings. The van der Waals surface area contributed by atoms with Gasteiger partial charge in [0.25, 0.3) is 5.91 Å². The summed E-state index contributed by atoms with van der Waals surface area (Å²) in [5.41, 5.74) is 4.18. The number of carbonyl (C=O) groups is 1. The zero-order chi connectivity index (χ0) is 20.5. The van der Waals surface area contributed by atoms with Crippen molar-refractivity contribution in [1.29, 1.82) is 0 Å². The minimum atomic E-state index is -0.0121. The van der Waals surface area contributed by atoms with E-state index in [1.54, 1.807) is 0 Å². The van der Waals surface area contributed by atoms with Crippen LogP contribution in [0.5, 0.6) is 0 Å². The monoisotopic (exact) mass is 399 g/mol. The summed E-state index contributed by atoms with van der Waals surface area (Å²) in [6, 6.07) is 20.6. The molecule has 5 rings (SSSR count). The number of hydrogen-bond acceptors (Lipinski definition) is 5. The van der Waals surface area contributed by atoms with Crippen LogP contribution in [0.4, 0.5) is 17.2 Å². The second-order valence-corrected chi connectivity index (χ2v) is 7.80. The van der Waals surface area contributed by atoms with Gasteiger partial charge >= 0.3 is 0 Å². The number of aromatic nitrogens is 2. The summed E-state index contributed by atoms with van der Waals surface area (Å²) in [5.74, 6) is 1.42. The highest BCUT2D eigenvalue weighted by atomic mass is 16.2. The van der Waals surface area contributed by atoms with Gasteiger partial charge in [-0.05, 0) is 37.1 Å². The Bertz CT molecular complexity index is 1060. The third-order valence-electron chi connectivity index (χ3n) is 5.90. The summed E-state index contributed by atoms with van der Waals surface area (Å²) >= 11 is 0. The van der Waals surface area contributed by atoms with E-state index in [1.165, 1.54) is 16.9 Å². The summed E-state index contributed by atoms with van der Waals surface area (Å²) in [7, 11) is 0. The lowest BCUT2D eigenvalue weighted by Crippen LogP contribution is -2.49. The predicted molar refractivity (Wildman–Crippen MR) is 118 cm³/mol. The van der Waals surface area contributed by atoms with Crippen LogP contribution in [-0.4, -0.2) is 53.5 Å². The lowest BCUT2D eigenvalue weighted by Gasteiger charge is -2.36. The van der Waals surface area contributed by atoms with Crippen LogP contribution in [0.2, 0.25) is 0 Å². The molecule has 1 saturated heterocycles. The van der Waals surface area contributed by atoms with Crippen molar-refractivity contribution >= 4 is 23.1 Å². The van der Waals surface area contributed by atoms with E-state index in [0.29, 0.717) is 24.6 Å². The van der Waals surface area contributed by atoms with Gasteiger partial charge in [0.05, 0.1) is 0 Å². The number of amides is 1. The topological polar surface area (TPSA) is 52.6 Å². The second-order valence-electron chi connectivity index (χ2n) is 7.80. The van der Waals surface area contributed by atoms with Crippen LogP contribution in [0.3, 0.4) is 0 Å². The Morgan fingerprint density at radius 1 is 0.867 bits per heavy atom. The number of aryl methyl sites for hydroxylation is 1. The van der Waals surface area contributed by atoms with E-state index in [2.05, 4.69) is 62.2 Å². The number of carbonyl (C=O) groups excluding carboxylic acids is 1. The molecule has 2 aromatic carbocycles. The van der Waals surface area contributed by atoms with Crippen LogP contribution in [0.25, 0.3) is 0 Å². The molecular formula is C24H25N5O. The zero-order valence-corrected chi connectivity index (χ0v) is 17.2. The molecule has 0 saturated carbocycles. The van der Waals surface area contributed by atoms with Crippen LogP contribution in [0.15, 0.2) is 60.7 Å². The minimum absolute atomic E-state index is 0.0121. The first kappa shape index (κ1) is 18.6. The summed E-state index contributed by atoms with van der Waals surface area (Å²) in [6.07, 6.45) is 0.990. The van der Waals surface area contributed by atoms with Crippen molar-refractivity contribution in [2.75, 3.05) is 42.5 Å². The number of anilines is 3. The van der Waals surface area contributed by atoms with E-state index >= 15 is 0 Å². The Morgan fingerprint density at radius 2 is 1.60 bits per heavy atom. The Kier molecular flexibility index (Phi) is 4.83. The lowest BCUT2D eigenvalue weighted by atomic mass is 10.2. The van der Waals surface area contributed by atoms with E-state index in [0.717, 1.165) is 31.9 Å². The molecule has 30 heavy (non-hydrogen) atoms. The molecule has 2 aliphatic rings. The Morgan fingerprint density at radius 3 is 2.40 bits per heavy atom. The molecule has 1 fully saturated rings. The van der Waals surface area contributed by atoms with Gasteiger partial charge in [-0.3, -0.25) is 4.79 Å². The summed E-state index contributed by atoms with van der Waals surface area (Å²) in [4.78, 5) is 28.7. The minimum Gasteiger partial charge on any atom is -0.368 e. The van der Waals surface area contributed by atoms with Gasteiger partial charge in [0.1, 0.15) is 17.3 Å². The molecular weight excluding hydrogens is 374 g/mol. The molecule has 1 aromatic heterocycles. The van der Waals surface area contributed by atoms with Gasteiger partial charge < -0.3 is 14.7 Å². The molecule has 0 atom stereocenters. The van der Waals surface area contributed by atoms with Crippen LogP contribution in [0.1, 0.15) is 21.9 Å². The third kappa shape index (κ3) is 3.49. The van der Waals surface area contributed by atoms with Crippen LogP contribution < -0.4 is 9.80 Å². The number of nitrogens with zero attached hydrogens (tertiary/aromatic N) is 5. The van der Waals surface area contributed by atoms with Crippen molar-refractivity contribution in [1.82, 2.24) is 14.9 Å². The van der Waals surface area contributed by atoms with Crippen molar-refractivity contribution in [3.8, 4) is 0 Å². The molecule has 2 aliphatic heterocycles. The molecule has 6 heteroatoms. The molecule has 3 heterocycles. The molecule has 152 valence electrons. The van der Waals surface area contributed by atoms with Crippen molar-refractivity contribution in [3.63, 3.8) is 0 Å². The van der Waals surface area contributed by atoms with E-state index in [4.69, 9.17) is 0 Å². The molecule has 0 unspecified atom stereocenters. The molecule has 0 bridgehead atoms. The third-order valence-corrected chi connectivity index (χ3v) is 5.90. The number of benzene rings is 2. The predicted octanol–water partition coefficient (Wildman–Crippen LogP) is 3.44. The fourth-order valence-electron chi connectivity index (χ4n) is 4.34. The fourth-order valence-corrected chi connectivity index (χ4v) is 4.34. The Hall–Kier alpha value is -3.41. The highest BCUT2D eigenvalue weighted by molar-refractivity contribution is 5.93. The van der Waals surface area contributed by atoms with E-state index in [9.17, 15) is 4.79 Å². The molecule has 6 nitrogen and oxygen atoms in total. The van der Waals surface area contributed by atoms with Crippen molar-refractivity contribution in [2.45, 2.75) is 13.3 Å². The lowest BCUT2D eigenvalue weighted by molar-refractivity contribution is 0.0740. The van der Waals surface area contributed by atoms with Crippen molar-refractivity contribution in [3.05, 3.63) is 77.7 Å². The maximum atomic E-state index is 13.2. The molecule has 0 spiro atoms. The quantitative estimate of drug-likeness (QED) is 0.675. The largest absolute Gasteiger partial charge is 0.368 e. The summed E-state index contributed by atoms with van der Waals surface area (Å²) < 4.78 is 0. The van der Waals surface area contributed by atoms with Gasteiger partial charge in [-0.1, -0.05) is 36.4 Å². The molecule has 0 aliphatic carbocycles. The first-order valence-electron chi connectivity index (χ1n) is 10.5. The SMILES string of the molecule is Cc1nc(C(=O)N2CCN(c3ccccc3)CC2)cc(N2CCc3ccccc32)n1. The Balaban J connectivity index is 1.33. The van der Waals surface area contributed by atoms with Gasteiger partial charge in [-0.25, -0.2) is 9.97 Å². The van der Waals surface area contributed by atoms with Crippen LogP contribution in [-0.2, 0) is 6.42 Å². The molecule has 1 amide bonds. The van der Waals surface area contributed by atoms with E-state index < -0.39 is 0 Å². The first-order valence-corrected chi connectivity index (χ1v) is 10.5. The smallest absolute Gasteiger partial charge is 0.272 e. The highest BCUT2D eigenvalue weighted by Gasteiger charge is 2.26. The average molecular weight is 399 g/mol. The number of rotatable bonds is 3. The molecule has 0 N–H and O–H groups in total. The number of para-hydroxylation sites is 2. The van der Waals surface area contributed by atoms with Crippen LogP contribution in [0, 0.1) is 6.92 Å². The fraction of sp³-hybridized carbons (Fsp3) is 0.292. The molecule has 0 radical (unpaired) electrons. The first-order chi connectivity index (χ1) is 14.7. The van der Waals surface area contributed by atoms with E-state index in [-0.39, 0.29) is 5.91 Å². The van der Waals surface area contributed by atoms with Gasteiger partial charge in [0.15, 0.2) is 0 Å². The summed E-state index contributed by atoms with van der Waals surface area (Å²) in [6.45, 7) is 5.77. The average Bonchev–Trinajstić information content (AvgIpc) is 3.23. The van der Waals surface area contributed by atoms with E-state index in [1.807, 2.05) is 30.0 Å². The normalized spacial score (nSPS) is 16.0. The van der Waals surface area contributed by atoms with Crippen molar-refractivity contribution < 1.29 is 4.79 Å². The Labute approximate surface area is 176 Å². The van der Waals surface area contributed by atoms with Crippen LogP contribution >= 0.6 is 0 Å². The number of piperazine rings is 1. The standard InChI is InChI=1S/C24H25N5O/c1-18-25-21(17-23(26-18)29-12-11-19-7-5-6-10-22(19)29)24(30)28-15-13-27(14-16-28)20-8-3-2-4-9-20/h2-10,17H,11-16H2,1H3. The number of hydrogen-bond donors (Lipinski definition) is 0. The zero-order valence-electron chi connectivity index (χ0n) is 17.2.